The number of ether oxygens (including phenoxy) is 1. The second kappa shape index (κ2) is 7.32. The highest BCUT2D eigenvalue weighted by atomic mass is 16.5. The quantitative estimate of drug-likeness (QED) is 0.795. The Labute approximate surface area is 137 Å². The van der Waals surface area contributed by atoms with Gasteiger partial charge >= 0.3 is 6.09 Å². The summed E-state index contributed by atoms with van der Waals surface area (Å²) in [4.78, 5) is 12.0. The van der Waals surface area contributed by atoms with Gasteiger partial charge < -0.3 is 20.5 Å². The molecule has 0 aromatic heterocycles. The zero-order chi connectivity index (χ0) is 16.1. The molecule has 2 fully saturated rings. The molecule has 3 rings (SSSR count). The molecule has 1 aliphatic heterocycles. The van der Waals surface area contributed by atoms with Gasteiger partial charge in [0, 0.05) is 18.0 Å². The number of rotatable bonds is 4. The molecule has 2 aliphatic rings. The Bertz CT molecular complexity index is 522. The molecule has 3 N–H and O–H groups in total. The number of piperidine rings is 1. The Hall–Kier alpha value is -1.59. The van der Waals surface area contributed by atoms with Gasteiger partial charge in [0.1, 0.15) is 6.61 Å². The molecule has 23 heavy (non-hydrogen) atoms. The first kappa shape index (κ1) is 16.3. The molecule has 1 saturated heterocycles. The maximum atomic E-state index is 12.0. The summed E-state index contributed by atoms with van der Waals surface area (Å²) in [5.41, 5.74) is 0.994. The molecule has 0 radical (unpaired) electrons. The summed E-state index contributed by atoms with van der Waals surface area (Å²) in [6.07, 6.45) is 3.51. The topological polar surface area (TPSA) is 70.6 Å². The zero-order valence-electron chi connectivity index (χ0n) is 13.5. The average Bonchev–Trinajstić information content (AvgIpc) is 2.61. The number of nitrogens with one attached hydrogen (secondary N) is 2. The van der Waals surface area contributed by atoms with E-state index in [1.54, 1.807) is 0 Å². The van der Waals surface area contributed by atoms with Crippen molar-refractivity contribution in [2.75, 3.05) is 19.7 Å². The summed E-state index contributed by atoms with van der Waals surface area (Å²) in [5.74, 6) is 0.474. The van der Waals surface area contributed by atoms with Crippen LogP contribution in [0.15, 0.2) is 30.3 Å². The van der Waals surface area contributed by atoms with Crippen molar-refractivity contribution in [2.45, 2.75) is 38.3 Å². The molecule has 1 aromatic rings. The van der Waals surface area contributed by atoms with E-state index in [4.69, 9.17) is 4.74 Å². The van der Waals surface area contributed by atoms with Crippen molar-refractivity contribution in [3.63, 3.8) is 0 Å². The van der Waals surface area contributed by atoms with Crippen LogP contribution in [0.1, 0.15) is 31.2 Å². The number of hydrogen-bond donors (Lipinski definition) is 3. The second-order valence-corrected chi connectivity index (χ2v) is 6.86. The van der Waals surface area contributed by atoms with Gasteiger partial charge in [-0.1, -0.05) is 30.3 Å². The van der Waals surface area contributed by atoms with Crippen molar-refractivity contribution in [1.82, 2.24) is 10.6 Å². The Balaban J connectivity index is 1.48. The van der Waals surface area contributed by atoms with E-state index in [-0.39, 0.29) is 24.2 Å². The monoisotopic (exact) mass is 318 g/mol. The highest BCUT2D eigenvalue weighted by molar-refractivity contribution is 5.67. The van der Waals surface area contributed by atoms with Crippen molar-refractivity contribution in [1.29, 1.82) is 0 Å². The molecule has 1 amide bonds. The van der Waals surface area contributed by atoms with E-state index < -0.39 is 0 Å². The first-order valence-electron chi connectivity index (χ1n) is 8.51. The standard InChI is InChI=1S/C18H26N2O3/c21-13-18-8-6-16(10-15(18)7-9-19-12-18)20-17(22)23-11-14-4-2-1-3-5-14/h1-5,15-16,19,21H,6-13H2,(H,20,22). The van der Waals surface area contributed by atoms with Crippen LogP contribution in [0.2, 0.25) is 0 Å². The third-order valence-corrected chi connectivity index (χ3v) is 5.42. The van der Waals surface area contributed by atoms with Crippen LogP contribution >= 0.6 is 0 Å². The van der Waals surface area contributed by atoms with E-state index in [0.717, 1.165) is 44.3 Å². The maximum absolute atomic E-state index is 12.0. The fraction of sp³-hybridized carbons (Fsp3) is 0.611. The van der Waals surface area contributed by atoms with E-state index in [9.17, 15) is 9.90 Å². The van der Waals surface area contributed by atoms with Gasteiger partial charge in [0.25, 0.3) is 0 Å². The first-order chi connectivity index (χ1) is 11.2. The fourth-order valence-corrected chi connectivity index (χ4v) is 3.97. The van der Waals surface area contributed by atoms with Crippen molar-refractivity contribution in [3.05, 3.63) is 35.9 Å². The van der Waals surface area contributed by atoms with Gasteiger partial charge in [0.2, 0.25) is 0 Å². The van der Waals surface area contributed by atoms with Crippen molar-refractivity contribution in [3.8, 4) is 0 Å². The molecule has 0 spiro atoms. The predicted octanol–water partition coefficient (Wildman–Crippen LogP) is 2.05. The number of hydrogen-bond acceptors (Lipinski definition) is 4. The number of aliphatic hydroxyl groups is 1. The van der Waals surface area contributed by atoms with Gasteiger partial charge in [-0.2, -0.15) is 0 Å². The molecular weight excluding hydrogens is 292 g/mol. The highest BCUT2D eigenvalue weighted by Gasteiger charge is 2.44. The lowest BCUT2D eigenvalue weighted by Gasteiger charge is -2.48. The van der Waals surface area contributed by atoms with Crippen LogP contribution in [-0.4, -0.2) is 36.9 Å². The normalized spacial score (nSPS) is 30.3. The minimum absolute atomic E-state index is 0.00434. The Kier molecular flexibility index (Phi) is 5.18. The largest absolute Gasteiger partial charge is 0.445 e. The smallest absolute Gasteiger partial charge is 0.407 e. The first-order valence-corrected chi connectivity index (χ1v) is 8.51. The lowest BCUT2D eigenvalue weighted by molar-refractivity contribution is -0.00779. The van der Waals surface area contributed by atoms with Crippen molar-refractivity contribution < 1.29 is 14.6 Å². The number of amides is 1. The molecule has 1 aliphatic carbocycles. The van der Waals surface area contributed by atoms with Gasteiger partial charge in [-0.05, 0) is 43.7 Å². The Morgan fingerprint density at radius 1 is 1.35 bits per heavy atom. The molecule has 0 bridgehead atoms. The number of fused-ring (bicyclic) bond motifs is 1. The van der Waals surface area contributed by atoms with Gasteiger partial charge in [-0.15, -0.1) is 0 Å². The van der Waals surface area contributed by atoms with Crippen LogP contribution < -0.4 is 10.6 Å². The number of alkyl carbamates (subject to hydrolysis) is 1. The van der Waals surface area contributed by atoms with E-state index in [1.165, 1.54) is 0 Å². The van der Waals surface area contributed by atoms with Crippen LogP contribution in [0.5, 0.6) is 0 Å². The predicted molar refractivity (Wildman–Crippen MR) is 87.9 cm³/mol. The minimum Gasteiger partial charge on any atom is -0.445 e. The molecular formula is C18H26N2O3. The van der Waals surface area contributed by atoms with Gasteiger partial charge in [-0.25, -0.2) is 4.79 Å². The third kappa shape index (κ3) is 3.85. The molecule has 1 heterocycles. The summed E-state index contributed by atoms with van der Waals surface area (Å²) in [6.45, 7) is 2.42. The van der Waals surface area contributed by atoms with E-state index >= 15 is 0 Å². The number of benzene rings is 1. The molecule has 3 unspecified atom stereocenters. The third-order valence-electron chi connectivity index (χ3n) is 5.42. The summed E-state index contributed by atoms with van der Waals surface area (Å²) in [5, 5.41) is 16.2. The van der Waals surface area contributed by atoms with Crippen LogP contribution in [-0.2, 0) is 11.3 Å². The fourth-order valence-electron chi connectivity index (χ4n) is 3.97. The van der Waals surface area contributed by atoms with Gasteiger partial charge in [0.05, 0.1) is 6.61 Å². The number of aliphatic hydroxyl groups excluding tert-OH is 1. The van der Waals surface area contributed by atoms with Gasteiger partial charge in [0.15, 0.2) is 0 Å². The lowest BCUT2D eigenvalue weighted by atomic mass is 9.62. The molecule has 1 aromatic carbocycles. The zero-order valence-corrected chi connectivity index (χ0v) is 13.5. The Morgan fingerprint density at radius 2 is 2.17 bits per heavy atom. The SMILES string of the molecule is O=C(NC1CCC2(CO)CNCCC2C1)OCc1ccccc1. The number of carbonyl (C=O) groups excluding carboxylic acids is 1. The van der Waals surface area contributed by atoms with Gasteiger partial charge in [-0.3, -0.25) is 0 Å². The van der Waals surface area contributed by atoms with Crippen LogP contribution in [0.25, 0.3) is 0 Å². The number of carbonyl (C=O) groups is 1. The Morgan fingerprint density at radius 3 is 2.96 bits per heavy atom. The van der Waals surface area contributed by atoms with Crippen LogP contribution in [0.3, 0.4) is 0 Å². The van der Waals surface area contributed by atoms with Crippen LogP contribution in [0, 0.1) is 11.3 Å². The van der Waals surface area contributed by atoms with E-state index in [2.05, 4.69) is 10.6 Å². The molecule has 126 valence electrons. The minimum atomic E-state index is -0.343. The maximum Gasteiger partial charge on any atom is 0.407 e. The summed E-state index contributed by atoms with van der Waals surface area (Å²) < 4.78 is 5.31. The second-order valence-electron chi connectivity index (χ2n) is 6.86. The molecule has 5 nitrogen and oxygen atoms in total. The van der Waals surface area contributed by atoms with E-state index in [0.29, 0.717) is 12.5 Å². The average molecular weight is 318 g/mol. The summed E-state index contributed by atoms with van der Waals surface area (Å²) >= 11 is 0. The lowest BCUT2D eigenvalue weighted by Crippen LogP contribution is -2.54. The van der Waals surface area contributed by atoms with Crippen molar-refractivity contribution in [2.24, 2.45) is 11.3 Å². The molecule has 5 heteroatoms. The highest BCUT2D eigenvalue weighted by Crippen LogP contribution is 2.44. The molecule has 1 saturated carbocycles. The van der Waals surface area contributed by atoms with E-state index in [1.807, 2.05) is 30.3 Å². The van der Waals surface area contributed by atoms with Crippen molar-refractivity contribution >= 4 is 6.09 Å². The molecule has 3 atom stereocenters. The van der Waals surface area contributed by atoms with Crippen LogP contribution in [0.4, 0.5) is 4.79 Å². The summed E-state index contributed by atoms with van der Waals surface area (Å²) in [6, 6.07) is 9.85. The summed E-state index contributed by atoms with van der Waals surface area (Å²) in [7, 11) is 0.